The van der Waals surface area contributed by atoms with Gasteiger partial charge >= 0.3 is 6.36 Å². The Balaban J connectivity index is 1.44. The smallest absolute Gasteiger partial charge is 0.406 e. The number of alkyl halides is 3. The molecule has 1 fully saturated rings. The van der Waals surface area contributed by atoms with Gasteiger partial charge in [-0.05, 0) is 102 Å². The lowest BCUT2D eigenvalue weighted by Gasteiger charge is -2.38. The molecule has 1 aliphatic carbocycles. The lowest BCUT2D eigenvalue weighted by molar-refractivity contribution is -0.485. The van der Waals surface area contributed by atoms with E-state index in [1.807, 2.05) is 0 Å². The first kappa shape index (κ1) is 27.4. The van der Waals surface area contributed by atoms with Crippen molar-refractivity contribution in [3.8, 4) is 5.75 Å². The van der Waals surface area contributed by atoms with E-state index in [1.54, 1.807) is 17.0 Å². The van der Waals surface area contributed by atoms with Gasteiger partial charge in [-0.2, -0.15) is 0 Å². The van der Waals surface area contributed by atoms with E-state index in [0.717, 1.165) is 40.8 Å². The third kappa shape index (κ3) is 6.32. The maximum absolute atomic E-state index is 14.2. The molecule has 3 aromatic carbocycles. The fourth-order valence-corrected chi connectivity index (χ4v) is 5.72. The molecule has 7 nitrogen and oxygen atoms in total. The van der Waals surface area contributed by atoms with Gasteiger partial charge in [-0.25, -0.2) is 18.9 Å². The number of hydrogen-bond donors (Lipinski definition) is 1. The largest absolute Gasteiger partial charge is 0.573 e. The number of likely N-dealkylation sites (tertiary alicyclic amines) is 1. The van der Waals surface area contributed by atoms with Crippen LogP contribution in [0.1, 0.15) is 41.0 Å². The van der Waals surface area contributed by atoms with Gasteiger partial charge in [-0.3, -0.25) is 0 Å². The first-order chi connectivity index (χ1) is 19.1. The van der Waals surface area contributed by atoms with E-state index in [2.05, 4.69) is 15.2 Å². The number of fused-ring (bicyclic) bond motifs is 2. The summed E-state index contributed by atoms with van der Waals surface area (Å²) >= 11 is 0. The average molecular weight is 561 g/mol. The Labute approximate surface area is 226 Å². The summed E-state index contributed by atoms with van der Waals surface area (Å²) in [5.41, 5.74) is 3.86. The number of nitrogens with zero attached hydrogens (tertiary/aromatic N) is 3. The van der Waals surface area contributed by atoms with Gasteiger partial charge in [0.25, 0.3) is 5.96 Å². The molecule has 1 heterocycles. The Morgan fingerprint density at radius 1 is 0.975 bits per heavy atom. The molecular formula is C28H25F5N4O3. The molecule has 210 valence electrons. The van der Waals surface area contributed by atoms with Crippen molar-refractivity contribution in [1.82, 2.24) is 4.90 Å². The summed E-state index contributed by atoms with van der Waals surface area (Å²) in [6, 6.07) is 14.2. The first-order valence-electron chi connectivity index (χ1n) is 12.7. The summed E-state index contributed by atoms with van der Waals surface area (Å²) in [4.78, 5) is 13.1. The minimum atomic E-state index is -4.84. The van der Waals surface area contributed by atoms with Crippen molar-refractivity contribution in [3.05, 3.63) is 105 Å². The highest BCUT2D eigenvalue weighted by Gasteiger charge is 2.35. The van der Waals surface area contributed by atoms with Crippen molar-refractivity contribution in [2.24, 2.45) is 11.0 Å². The van der Waals surface area contributed by atoms with Crippen molar-refractivity contribution in [1.29, 1.82) is 0 Å². The maximum atomic E-state index is 14.2. The first-order valence-corrected chi connectivity index (χ1v) is 12.7. The van der Waals surface area contributed by atoms with Crippen molar-refractivity contribution < 1.29 is 31.7 Å². The maximum Gasteiger partial charge on any atom is 0.573 e. The Morgan fingerprint density at radius 3 is 2.12 bits per heavy atom. The van der Waals surface area contributed by atoms with Crippen LogP contribution in [0.15, 0.2) is 65.8 Å². The second-order valence-corrected chi connectivity index (χ2v) is 9.87. The van der Waals surface area contributed by atoms with Crippen LogP contribution in [-0.4, -0.2) is 35.3 Å². The molecule has 1 unspecified atom stereocenters. The second kappa shape index (κ2) is 11.1. The van der Waals surface area contributed by atoms with Crippen LogP contribution in [0.5, 0.6) is 5.75 Å². The number of hydrogen-bond acceptors (Lipinski definition) is 3. The number of guanidine groups is 1. The Kier molecular flexibility index (Phi) is 7.59. The molecule has 0 saturated carbocycles. The van der Waals surface area contributed by atoms with Gasteiger partial charge in [0.1, 0.15) is 22.5 Å². The SMILES string of the molecule is O=[N+]([O-])N=C(Nc1ccc(OC(F)(F)F)cc1)N1CCCC(C2c3ccc(F)cc3CCc3cc(F)ccc32)C1. The molecule has 0 bridgehead atoms. The average Bonchev–Trinajstić information content (AvgIpc) is 3.04. The van der Waals surface area contributed by atoms with Crippen LogP contribution in [0.25, 0.3) is 0 Å². The Hall–Kier alpha value is -4.22. The summed E-state index contributed by atoms with van der Waals surface area (Å²) in [5.74, 6) is -1.46. The van der Waals surface area contributed by atoms with Crippen LogP contribution in [0, 0.1) is 27.7 Å². The Morgan fingerprint density at radius 2 is 1.57 bits per heavy atom. The minimum absolute atomic E-state index is 0.0635. The number of aryl methyl sites for hydroxylation is 2. The standard InChI is InChI=1S/C28H25F5N4O3/c29-20-5-11-24-17(14-20)3-4-18-15-21(30)6-12-25(18)26(24)19-2-1-13-36(16-19)27(35-37(38)39)34-22-7-9-23(10-8-22)40-28(31,32)33/h5-12,14-15,19,26H,1-4,13,16H2,(H,34,35). The van der Waals surface area contributed by atoms with Gasteiger partial charge in [-0.15, -0.1) is 13.2 Å². The van der Waals surface area contributed by atoms with Crippen molar-refractivity contribution in [2.45, 2.75) is 38.0 Å². The molecule has 1 aliphatic heterocycles. The number of halogens is 5. The van der Waals surface area contributed by atoms with Crippen LogP contribution in [0.4, 0.5) is 27.6 Å². The van der Waals surface area contributed by atoms with E-state index in [-0.39, 0.29) is 35.1 Å². The van der Waals surface area contributed by atoms with Crippen LogP contribution in [-0.2, 0) is 12.8 Å². The van der Waals surface area contributed by atoms with Crippen LogP contribution in [0.2, 0.25) is 0 Å². The summed E-state index contributed by atoms with van der Waals surface area (Å²) in [6.45, 7) is 0.804. The van der Waals surface area contributed by atoms with E-state index in [9.17, 15) is 32.1 Å². The molecule has 5 rings (SSSR count). The van der Waals surface area contributed by atoms with Gasteiger partial charge in [0.2, 0.25) is 0 Å². The van der Waals surface area contributed by atoms with Gasteiger partial charge in [-0.1, -0.05) is 12.1 Å². The number of ether oxygens (including phenoxy) is 1. The predicted octanol–water partition coefficient (Wildman–Crippen LogP) is 6.47. The molecule has 2 aliphatic rings. The topological polar surface area (TPSA) is 80.0 Å². The molecule has 1 N–H and O–H groups in total. The molecule has 1 atom stereocenters. The van der Waals surface area contributed by atoms with Gasteiger partial charge in [0, 0.05) is 24.7 Å². The zero-order valence-corrected chi connectivity index (χ0v) is 21.1. The number of piperidine rings is 1. The predicted molar refractivity (Wildman–Crippen MR) is 138 cm³/mol. The fourth-order valence-electron chi connectivity index (χ4n) is 5.72. The number of anilines is 1. The minimum Gasteiger partial charge on any atom is -0.406 e. The van der Waals surface area contributed by atoms with Crippen LogP contribution < -0.4 is 10.1 Å². The highest BCUT2D eigenvalue weighted by molar-refractivity contribution is 5.93. The number of nitro groups is 1. The zero-order valence-electron chi connectivity index (χ0n) is 21.1. The fraction of sp³-hybridized carbons (Fsp3) is 0.321. The highest BCUT2D eigenvalue weighted by atomic mass is 19.4. The van der Waals surface area contributed by atoms with E-state index in [4.69, 9.17) is 0 Å². The number of rotatable bonds is 4. The molecule has 0 amide bonds. The molecule has 0 radical (unpaired) electrons. The third-order valence-corrected chi connectivity index (χ3v) is 7.29. The molecule has 1 saturated heterocycles. The van der Waals surface area contributed by atoms with Crippen molar-refractivity contribution in [2.75, 3.05) is 18.4 Å². The monoisotopic (exact) mass is 560 g/mol. The van der Waals surface area contributed by atoms with Gasteiger partial charge in [0.15, 0.2) is 5.03 Å². The third-order valence-electron chi connectivity index (χ3n) is 7.29. The normalized spacial score (nSPS) is 18.0. The van der Waals surface area contributed by atoms with Gasteiger partial charge < -0.3 is 15.0 Å². The molecule has 3 aromatic rings. The second-order valence-electron chi connectivity index (χ2n) is 9.87. The van der Waals surface area contributed by atoms with Crippen LogP contribution in [0.3, 0.4) is 0 Å². The van der Waals surface area contributed by atoms with Crippen molar-refractivity contribution >= 4 is 11.6 Å². The molecule has 40 heavy (non-hydrogen) atoms. The zero-order chi connectivity index (χ0) is 28.4. The van der Waals surface area contributed by atoms with E-state index in [1.165, 1.54) is 36.4 Å². The van der Waals surface area contributed by atoms with E-state index >= 15 is 0 Å². The van der Waals surface area contributed by atoms with Crippen molar-refractivity contribution in [3.63, 3.8) is 0 Å². The molecule has 0 aromatic heterocycles. The molecular weight excluding hydrogens is 535 g/mol. The lowest BCUT2D eigenvalue weighted by Crippen LogP contribution is -2.45. The molecule has 0 spiro atoms. The van der Waals surface area contributed by atoms with Crippen LogP contribution >= 0.6 is 0 Å². The van der Waals surface area contributed by atoms with E-state index in [0.29, 0.717) is 32.4 Å². The van der Waals surface area contributed by atoms with E-state index < -0.39 is 17.1 Å². The summed E-state index contributed by atoms with van der Waals surface area (Å²) < 4.78 is 69.7. The summed E-state index contributed by atoms with van der Waals surface area (Å²) in [5, 5.41) is 17.0. The number of benzene rings is 3. The number of hydrazone groups is 1. The lowest BCUT2D eigenvalue weighted by atomic mass is 9.75. The summed E-state index contributed by atoms with van der Waals surface area (Å²) in [6.07, 6.45) is -2.29. The van der Waals surface area contributed by atoms with Gasteiger partial charge in [0.05, 0.1) is 0 Å². The Bertz CT molecular complexity index is 1370. The molecule has 12 heteroatoms. The highest BCUT2D eigenvalue weighted by Crippen LogP contribution is 2.43. The number of nitrogens with one attached hydrogen (secondary N) is 1. The quantitative estimate of drug-likeness (QED) is 0.130. The summed E-state index contributed by atoms with van der Waals surface area (Å²) in [7, 11) is 0.